The van der Waals surface area contributed by atoms with Crippen molar-refractivity contribution in [2.45, 2.75) is 6.29 Å². The summed E-state index contributed by atoms with van der Waals surface area (Å²) in [5.74, 6) is -0.981. The van der Waals surface area contributed by atoms with Crippen molar-refractivity contribution in [1.82, 2.24) is 0 Å². The highest BCUT2D eigenvalue weighted by molar-refractivity contribution is 5.78. The van der Waals surface area contributed by atoms with Crippen molar-refractivity contribution in [3.05, 3.63) is 12.7 Å². The second-order valence-corrected chi connectivity index (χ2v) is 6.93. The number of carboxylic acids is 1. The van der Waals surface area contributed by atoms with Gasteiger partial charge in [-0.05, 0) is 0 Å². The summed E-state index contributed by atoms with van der Waals surface area (Å²) in [6.07, 6.45) is -0.0649. The molecule has 0 heterocycles. The van der Waals surface area contributed by atoms with Crippen molar-refractivity contribution in [1.29, 1.82) is 0 Å². The molecule has 0 fully saturated rings. The molecule has 0 radical (unpaired) electrons. The minimum absolute atomic E-state index is 0.0253. The van der Waals surface area contributed by atoms with E-state index >= 15 is 0 Å². The molecule has 0 spiro atoms. The number of aliphatic carboxylic acids is 1. The number of aliphatic hydroxyl groups excluding tert-OH is 2. The number of hydrogen-bond donors (Lipinski definition) is 3. The first kappa shape index (κ1) is 38.9. The molecular weight excluding hydrogens is 512 g/mol. The van der Waals surface area contributed by atoms with Crippen molar-refractivity contribution in [3.8, 4) is 0 Å². The van der Waals surface area contributed by atoms with Crippen LogP contribution in [-0.4, -0.2) is 160 Å². The first-order chi connectivity index (χ1) is 18.6. The molecule has 1 atom stereocenters. The van der Waals surface area contributed by atoms with Crippen LogP contribution in [0.3, 0.4) is 0 Å². The molecule has 0 aromatic rings. The van der Waals surface area contributed by atoms with Crippen LogP contribution in [0.5, 0.6) is 0 Å². The Balaban J connectivity index is 0. The molecule has 38 heavy (non-hydrogen) atoms. The normalized spacial score (nSPS) is 11.7. The first-order valence-electron chi connectivity index (χ1n) is 12.4. The van der Waals surface area contributed by atoms with Crippen molar-refractivity contribution in [2.24, 2.45) is 0 Å². The average molecular weight is 561 g/mol. The van der Waals surface area contributed by atoms with Crippen LogP contribution in [0.1, 0.15) is 0 Å². The van der Waals surface area contributed by atoms with Crippen LogP contribution < -0.4 is 0 Å². The van der Waals surface area contributed by atoms with E-state index in [9.17, 15) is 4.79 Å². The Kier molecular flexibility index (Phi) is 36.6. The number of carbonyl (C=O) groups is 1. The summed E-state index contributed by atoms with van der Waals surface area (Å²) < 4.78 is 52.4. The molecule has 0 bridgehead atoms. The maximum absolute atomic E-state index is 9.25. The molecule has 0 rings (SSSR count). The molecule has 0 saturated heterocycles. The van der Waals surface area contributed by atoms with Crippen LogP contribution in [0, 0.1) is 0 Å². The smallest absolute Gasteiger partial charge is 0.327 e. The monoisotopic (exact) mass is 560 g/mol. The van der Waals surface area contributed by atoms with E-state index in [4.69, 9.17) is 58.0 Å². The summed E-state index contributed by atoms with van der Waals surface area (Å²) in [6.45, 7) is 11.2. The Hall–Kier alpha value is -1.27. The fourth-order valence-electron chi connectivity index (χ4n) is 2.08. The lowest BCUT2D eigenvalue weighted by atomic mass is 10.6. The zero-order valence-corrected chi connectivity index (χ0v) is 22.6. The second-order valence-electron chi connectivity index (χ2n) is 6.93. The lowest BCUT2D eigenvalue weighted by molar-refractivity contribution is -0.131. The Bertz CT molecular complexity index is 469. The van der Waals surface area contributed by atoms with Crippen molar-refractivity contribution in [2.75, 3.05) is 133 Å². The van der Waals surface area contributed by atoms with Crippen LogP contribution in [0.25, 0.3) is 0 Å². The molecule has 0 aliphatic heterocycles. The van der Waals surface area contributed by atoms with E-state index in [0.717, 1.165) is 6.08 Å². The van der Waals surface area contributed by atoms with Gasteiger partial charge >= 0.3 is 5.97 Å². The van der Waals surface area contributed by atoms with Gasteiger partial charge in [0, 0.05) is 13.2 Å². The van der Waals surface area contributed by atoms with Gasteiger partial charge in [0.1, 0.15) is 0 Å². The van der Waals surface area contributed by atoms with E-state index in [-0.39, 0.29) is 13.2 Å². The van der Waals surface area contributed by atoms with E-state index in [1.807, 2.05) is 0 Å². The fourth-order valence-corrected chi connectivity index (χ4v) is 2.08. The predicted molar refractivity (Wildman–Crippen MR) is 135 cm³/mol. The summed E-state index contributed by atoms with van der Waals surface area (Å²) in [7, 11) is 1.41. The topological polar surface area (TPSA) is 170 Å². The molecule has 0 aromatic heterocycles. The largest absolute Gasteiger partial charge is 0.478 e. The summed E-state index contributed by atoms with van der Waals surface area (Å²) in [5.41, 5.74) is 0. The summed E-state index contributed by atoms with van der Waals surface area (Å²) >= 11 is 0. The number of methoxy groups -OCH3 is 1. The lowest BCUT2D eigenvalue weighted by Gasteiger charge is -2.10. The quantitative estimate of drug-likeness (QED) is 0.0575. The van der Waals surface area contributed by atoms with Crippen molar-refractivity contribution >= 4 is 5.97 Å². The molecule has 0 aromatic carbocycles. The van der Waals surface area contributed by atoms with Gasteiger partial charge in [-0.15, -0.1) is 0 Å². The highest BCUT2D eigenvalue weighted by atomic mass is 16.6. The van der Waals surface area contributed by atoms with Gasteiger partial charge in [0.15, 0.2) is 6.29 Å². The third kappa shape index (κ3) is 39.2. The number of aliphatic hydroxyl groups is 2. The third-order valence-electron chi connectivity index (χ3n) is 3.92. The van der Waals surface area contributed by atoms with Gasteiger partial charge in [-0.1, -0.05) is 6.58 Å². The third-order valence-corrected chi connectivity index (χ3v) is 3.92. The molecular formula is C24H48O14. The standard InChI is InChI=1S/C21H44O12.C3H4O2/c1-24-21(23)20-33-19-18-32-17-16-31-15-14-30-13-12-29-11-10-28-9-8-27-7-6-26-5-4-25-3-2-22;1-2-3(4)5/h21-23H,2-20H2,1H3;2H,1H2,(H,4,5). The van der Waals surface area contributed by atoms with Crippen LogP contribution in [0.2, 0.25) is 0 Å². The van der Waals surface area contributed by atoms with Gasteiger partial charge in [-0.3, -0.25) is 0 Å². The molecule has 228 valence electrons. The SMILES string of the molecule is C=CC(=O)O.COC(O)COCCOCCOCCOCCOCCOCCOCCOCCOCCO. The zero-order chi connectivity index (χ0) is 28.4. The Morgan fingerprint density at radius 1 is 0.605 bits per heavy atom. The van der Waals surface area contributed by atoms with E-state index in [1.165, 1.54) is 7.11 Å². The van der Waals surface area contributed by atoms with Crippen LogP contribution >= 0.6 is 0 Å². The molecule has 0 aliphatic rings. The predicted octanol–water partition coefficient (Wildman–Crippen LogP) is -0.650. The van der Waals surface area contributed by atoms with Gasteiger partial charge in [0.2, 0.25) is 0 Å². The highest BCUT2D eigenvalue weighted by Crippen LogP contribution is 1.88. The minimum Gasteiger partial charge on any atom is -0.478 e. The second kappa shape index (κ2) is 35.7. The maximum Gasteiger partial charge on any atom is 0.327 e. The number of carboxylic acid groups (broad SMARTS) is 1. The molecule has 14 heteroatoms. The number of hydrogen-bond acceptors (Lipinski definition) is 13. The molecule has 0 aliphatic carbocycles. The van der Waals surface area contributed by atoms with E-state index in [2.05, 4.69) is 11.3 Å². The van der Waals surface area contributed by atoms with Gasteiger partial charge in [0.25, 0.3) is 0 Å². The zero-order valence-electron chi connectivity index (χ0n) is 22.6. The van der Waals surface area contributed by atoms with Crippen LogP contribution in [0.15, 0.2) is 12.7 Å². The Morgan fingerprint density at radius 2 is 0.842 bits per heavy atom. The molecule has 3 N–H and O–H groups in total. The van der Waals surface area contributed by atoms with E-state index in [0.29, 0.717) is 112 Å². The molecule has 14 nitrogen and oxygen atoms in total. The Morgan fingerprint density at radius 3 is 1.05 bits per heavy atom. The number of rotatable bonds is 30. The fraction of sp³-hybridized carbons (Fsp3) is 0.875. The van der Waals surface area contributed by atoms with Crippen molar-refractivity contribution in [3.63, 3.8) is 0 Å². The van der Waals surface area contributed by atoms with Gasteiger partial charge in [-0.2, -0.15) is 0 Å². The maximum atomic E-state index is 9.25. The first-order valence-corrected chi connectivity index (χ1v) is 12.4. The minimum atomic E-state index is -0.981. The summed E-state index contributed by atoms with van der Waals surface area (Å²) in [6, 6.07) is 0. The van der Waals surface area contributed by atoms with Gasteiger partial charge < -0.3 is 62.7 Å². The highest BCUT2D eigenvalue weighted by Gasteiger charge is 2.00. The molecule has 0 amide bonds. The number of ether oxygens (including phenoxy) is 10. The summed E-state index contributed by atoms with van der Waals surface area (Å²) in [4.78, 5) is 9.25. The van der Waals surface area contributed by atoms with Crippen LogP contribution in [0.4, 0.5) is 0 Å². The van der Waals surface area contributed by atoms with Crippen molar-refractivity contribution < 1.29 is 67.5 Å². The van der Waals surface area contributed by atoms with E-state index < -0.39 is 12.3 Å². The van der Waals surface area contributed by atoms with Gasteiger partial charge in [-0.25, -0.2) is 4.79 Å². The van der Waals surface area contributed by atoms with E-state index in [1.54, 1.807) is 0 Å². The lowest BCUT2D eigenvalue weighted by Crippen LogP contribution is -2.19. The van der Waals surface area contributed by atoms with Crippen LogP contribution in [-0.2, 0) is 52.2 Å². The Labute approximate surface area is 225 Å². The molecule has 1 unspecified atom stereocenters. The average Bonchev–Trinajstić information content (AvgIpc) is 2.92. The summed E-state index contributed by atoms with van der Waals surface area (Å²) in [5, 5.41) is 25.2. The van der Waals surface area contributed by atoms with Gasteiger partial charge in [0.05, 0.1) is 126 Å². The molecule has 0 saturated carbocycles.